The Morgan fingerprint density at radius 3 is 2.56 bits per heavy atom. The number of hydrogen-bond acceptors (Lipinski definition) is 7. The van der Waals surface area contributed by atoms with Crippen LogP contribution in [0.15, 0.2) is 12.1 Å². The standard InChI is InChI=1S/C17H26N2O6S2/c1-12(2)4-7-16(21)18-10-17(22)25-11-14(20)15-6-5-13(26-15)8-9-19-27(3,23)24/h5-6,12,19H,4,7-11H2,1-3H3,(H,18,21). The highest BCUT2D eigenvalue weighted by Gasteiger charge is 2.13. The van der Waals surface area contributed by atoms with E-state index in [0.29, 0.717) is 23.6 Å². The lowest BCUT2D eigenvalue weighted by molar-refractivity contribution is -0.142. The predicted octanol–water partition coefficient (Wildman–Crippen LogP) is 1.12. The van der Waals surface area contributed by atoms with Gasteiger partial charge in [-0.2, -0.15) is 0 Å². The number of esters is 1. The minimum Gasteiger partial charge on any atom is -0.456 e. The molecule has 10 heteroatoms. The number of thiophene rings is 1. The van der Waals surface area contributed by atoms with Crippen molar-refractivity contribution in [3.8, 4) is 0 Å². The van der Waals surface area contributed by atoms with E-state index in [1.165, 1.54) is 11.3 Å². The van der Waals surface area contributed by atoms with E-state index in [1.807, 2.05) is 13.8 Å². The first kappa shape index (κ1) is 23.3. The van der Waals surface area contributed by atoms with E-state index >= 15 is 0 Å². The molecule has 0 aliphatic rings. The summed E-state index contributed by atoms with van der Waals surface area (Å²) in [6.07, 6.45) is 2.63. The van der Waals surface area contributed by atoms with E-state index in [9.17, 15) is 22.8 Å². The van der Waals surface area contributed by atoms with Gasteiger partial charge in [0.25, 0.3) is 0 Å². The van der Waals surface area contributed by atoms with Gasteiger partial charge in [0.15, 0.2) is 6.61 Å². The monoisotopic (exact) mass is 418 g/mol. The molecule has 0 unspecified atom stereocenters. The highest BCUT2D eigenvalue weighted by atomic mass is 32.2. The molecule has 8 nitrogen and oxygen atoms in total. The van der Waals surface area contributed by atoms with Gasteiger partial charge in [0.05, 0.1) is 11.1 Å². The number of hydrogen-bond donors (Lipinski definition) is 2. The lowest BCUT2D eigenvalue weighted by Gasteiger charge is -2.07. The smallest absolute Gasteiger partial charge is 0.325 e. The highest BCUT2D eigenvalue weighted by Crippen LogP contribution is 2.17. The molecule has 27 heavy (non-hydrogen) atoms. The largest absolute Gasteiger partial charge is 0.456 e. The molecule has 0 atom stereocenters. The maximum Gasteiger partial charge on any atom is 0.325 e. The third-order valence-electron chi connectivity index (χ3n) is 3.42. The Morgan fingerprint density at radius 2 is 1.93 bits per heavy atom. The molecule has 0 radical (unpaired) electrons. The van der Waals surface area contributed by atoms with E-state index in [2.05, 4.69) is 10.0 Å². The lowest BCUT2D eigenvalue weighted by Crippen LogP contribution is -2.31. The molecule has 0 fully saturated rings. The average molecular weight is 419 g/mol. The molecule has 0 aromatic carbocycles. The Bertz CT molecular complexity index is 755. The van der Waals surface area contributed by atoms with Crippen molar-refractivity contribution in [1.82, 2.24) is 10.0 Å². The third kappa shape index (κ3) is 10.8. The molecule has 0 spiro atoms. The molecule has 0 saturated carbocycles. The number of Topliss-reactive ketones (excluding diaryl/α,β-unsaturated/α-hetero) is 1. The second-order valence-electron chi connectivity index (χ2n) is 6.48. The van der Waals surface area contributed by atoms with Crippen molar-refractivity contribution >= 4 is 39.0 Å². The number of sulfonamides is 1. The number of rotatable bonds is 12. The summed E-state index contributed by atoms with van der Waals surface area (Å²) < 4.78 is 29.3. The Kier molecular flexibility index (Phi) is 9.61. The Balaban J connectivity index is 2.31. The molecule has 152 valence electrons. The molecule has 0 aliphatic heterocycles. The Hall–Kier alpha value is -1.78. The fraction of sp³-hybridized carbons (Fsp3) is 0.588. The second kappa shape index (κ2) is 11.2. The van der Waals surface area contributed by atoms with Crippen LogP contribution in [0.25, 0.3) is 0 Å². The molecule has 1 amide bonds. The van der Waals surface area contributed by atoms with Crippen molar-refractivity contribution in [2.45, 2.75) is 33.1 Å². The van der Waals surface area contributed by atoms with Crippen LogP contribution in [0, 0.1) is 5.92 Å². The van der Waals surface area contributed by atoms with Gasteiger partial charge in [-0.1, -0.05) is 13.8 Å². The quantitative estimate of drug-likeness (QED) is 0.388. The normalized spacial score (nSPS) is 11.4. The van der Waals surface area contributed by atoms with Crippen LogP contribution < -0.4 is 10.0 Å². The van der Waals surface area contributed by atoms with Gasteiger partial charge >= 0.3 is 5.97 Å². The zero-order valence-corrected chi connectivity index (χ0v) is 17.4. The first-order valence-electron chi connectivity index (χ1n) is 8.55. The van der Waals surface area contributed by atoms with Gasteiger partial charge in [0.1, 0.15) is 6.54 Å². The summed E-state index contributed by atoms with van der Waals surface area (Å²) >= 11 is 1.23. The molecule has 1 aromatic heterocycles. The van der Waals surface area contributed by atoms with Crippen LogP contribution in [0.2, 0.25) is 0 Å². The molecular formula is C17H26N2O6S2. The van der Waals surface area contributed by atoms with Crippen molar-refractivity contribution in [3.05, 3.63) is 21.9 Å². The minimum atomic E-state index is -3.24. The number of ketones is 1. The van der Waals surface area contributed by atoms with Crippen LogP contribution >= 0.6 is 11.3 Å². The van der Waals surface area contributed by atoms with E-state index in [0.717, 1.165) is 17.6 Å². The molecule has 1 rings (SSSR count). The molecule has 2 N–H and O–H groups in total. The third-order valence-corrected chi connectivity index (χ3v) is 5.33. The Labute approximate surface area is 163 Å². The lowest BCUT2D eigenvalue weighted by atomic mass is 10.1. The second-order valence-corrected chi connectivity index (χ2v) is 9.48. The summed E-state index contributed by atoms with van der Waals surface area (Å²) in [5, 5.41) is 2.46. The number of amides is 1. The topological polar surface area (TPSA) is 119 Å². The van der Waals surface area contributed by atoms with Gasteiger partial charge < -0.3 is 10.1 Å². The maximum absolute atomic E-state index is 12.0. The SMILES string of the molecule is CC(C)CCC(=O)NCC(=O)OCC(=O)c1ccc(CCNS(C)(=O)=O)s1. The van der Waals surface area contributed by atoms with Crippen molar-refractivity contribution in [2.24, 2.45) is 5.92 Å². The van der Waals surface area contributed by atoms with Crippen molar-refractivity contribution in [1.29, 1.82) is 0 Å². The molecule has 0 aliphatic carbocycles. The molecule has 1 aromatic rings. The van der Waals surface area contributed by atoms with Crippen molar-refractivity contribution in [2.75, 3.05) is 26.0 Å². The van der Waals surface area contributed by atoms with Gasteiger partial charge in [-0.15, -0.1) is 11.3 Å². The van der Waals surface area contributed by atoms with Crippen molar-refractivity contribution < 1.29 is 27.5 Å². The fourth-order valence-corrected chi connectivity index (χ4v) is 3.37. The van der Waals surface area contributed by atoms with Gasteiger partial charge in [-0.05, 0) is 30.9 Å². The summed E-state index contributed by atoms with van der Waals surface area (Å²) in [6, 6.07) is 3.35. The average Bonchev–Trinajstić information content (AvgIpc) is 3.03. The summed E-state index contributed by atoms with van der Waals surface area (Å²) in [5.41, 5.74) is 0. The van der Waals surface area contributed by atoms with Gasteiger partial charge in [-0.3, -0.25) is 14.4 Å². The van der Waals surface area contributed by atoms with E-state index in [-0.39, 0.29) is 24.8 Å². The van der Waals surface area contributed by atoms with Crippen molar-refractivity contribution in [3.63, 3.8) is 0 Å². The number of carbonyl (C=O) groups is 3. The first-order valence-corrected chi connectivity index (χ1v) is 11.3. The van der Waals surface area contributed by atoms with Gasteiger partial charge in [0, 0.05) is 17.8 Å². The first-order chi connectivity index (χ1) is 12.6. The van der Waals surface area contributed by atoms with Crippen LogP contribution in [0.4, 0.5) is 0 Å². The number of carbonyl (C=O) groups excluding carboxylic acids is 3. The highest BCUT2D eigenvalue weighted by molar-refractivity contribution is 7.88. The summed E-state index contributed by atoms with van der Waals surface area (Å²) in [4.78, 5) is 36.5. The number of ether oxygens (including phenoxy) is 1. The predicted molar refractivity (Wildman–Crippen MR) is 103 cm³/mol. The van der Waals surface area contributed by atoms with Crippen LogP contribution in [0.5, 0.6) is 0 Å². The van der Waals surface area contributed by atoms with E-state index < -0.39 is 22.6 Å². The van der Waals surface area contributed by atoms with Crippen LogP contribution in [0.1, 0.15) is 41.2 Å². The summed E-state index contributed by atoms with van der Waals surface area (Å²) in [7, 11) is -3.24. The minimum absolute atomic E-state index is 0.224. The molecular weight excluding hydrogens is 392 g/mol. The summed E-state index contributed by atoms with van der Waals surface area (Å²) in [6.45, 7) is 3.59. The summed E-state index contributed by atoms with van der Waals surface area (Å²) in [5.74, 6) is -0.840. The van der Waals surface area contributed by atoms with Crippen LogP contribution in [0.3, 0.4) is 0 Å². The van der Waals surface area contributed by atoms with E-state index in [1.54, 1.807) is 12.1 Å². The Morgan fingerprint density at radius 1 is 1.22 bits per heavy atom. The van der Waals surface area contributed by atoms with Gasteiger partial charge in [-0.25, -0.2) is 13.1 Å². The fourth-order valence-electron chi connectivity index (χ4n) is 1.97. The van der Waals surface area contributed by atoms with E-state index in [4.69, 9.17) is 4.74 Å². The maximum atomic E-state index is 12.0. The zero-order chi connectivity index (χ0) is 20.4. The molecule has 1 heterocycles. The van der Waals surface area contributed by atoms with Crippen LogP contribution in [-0.2, 0) is 30.8 Å². The zero-order valence-electron chi connectivity index (χ0n) is 15.7. The van der Waals surface area contributed by atoms with Crippen LogP contribution in [-0.4, -0.2) is 52.0 Å². The molecule has 0 bridgehead atoms. The molecule has 0 saturated heterocycles. The number of nitrogens with one attached hydrogen (secondary N) is 2. The van der Waals surface area contributed by atoms with Gasteiger partial charge in [0.2, 0.25) is 21.7 Å².